The maximum absolute atomic E-state index is 12.5. The molecule has 1 aromatic heterocycles. The number of aryl methyl sites for hydroxylation is 1. The molecule has 0 spiro atoms. The highest BCUT2D eigenvalue weighted by atomic mass is 32.2. The van der Waals surface area contributed by atoms with Crippen molar-refractivity contribution in [1.29, 1.82) is 0 Å². The van der Waals surface area contributed by atoms with Crippen molar-refractivity contribution in [2.24, 2.45) is 12.0 Å². The molecule has 5 rings (SSSR count). The van der Waals surface area contributed by atoms with Crippen LogP contribution in [-0.2, 0) is 29.9 Å². The first-order valence-corrected chi connectivity index (χ1v) is 11.9. The summed E-state index contributed by atoms with van der Waals surface area (Å²) in [4.78, 5) is 8.66. The molecule has 0 fully saturated rings. The van der Waals surface area contributed by atoms with Crippen molar-refractivity contribution in [3.05, 3.63) is 96.4 Å². The quantitative estimate of drug-likeness (QED) is 0.428. The molecule has 2 heterocycles. The minimum atomic E-state index is -3.74. The molecule has 7 nitrogen and oxygen atoms in total. The highest BCUT2D eigenvalue weighted by Crippen LogP contribution is 2.31. The summed E-state index contributed by atoms with van der Waals surface area (Å²) in [5, 5.41) is -0.0191. The maximum Gasteiger partial charge on any atom is 0.280 e. The van der Waals surface area contributed by atoms with Gasteiger partial charge in [0.25, 0.3) is 10.0 Å². The third-order valence-corrected chi connectivity index (χ3v) is 6.54. The normalized spacial score (nSPS) is 12.8. The van der Waals surface area contributed by atoms with Gasteiger partial charge < -0.3 is 9.30 Å². The van der Waals surface area contributed by atoms with E-state index >= 15 is 0 Å². The summed E-state index contributed by atoms with van der Waals surface area (Å²) < 4.78 is 35.1. The molecule has 0 saturated carbocycles. The number of aliphatic imine (C=N–C) groups is 1. The Morgan fingerprint density at radius 1 is 1.00 bits per heavy atom. The molecule has 0 bridgehead atoms. The predicted molar refractivity (Wildman–Crippen MR) is 128 cm³/mol. The molecule has 3 aromatic carbocycles. The van der Waals surface area contributed by atoms with Crippen LogP contribution >= 0.6 is 0 Å². The van der Waals surface area contributed by atoms with Crippen LogP contribution in [0.25, 0.3) is 0 Å². The van der Waals surface area contributed by atoms with Crippen molar-refractivity contribution in [3.63, 3.8) is 0 Å². The van der Waals surface area contributed by atoms with Crippen molar-refractivity contribution in [3.8, 4) is 11.5 Å². The van der Waals surface area contributed by atoms with Gasteiger partial charge >= 0.3 is 0 Å². The molecule has 1 N–H and O–H groups in total. The van der Waals surface area contributed by atoms with Crippen LogP contribution < -0.4 is 9.46 Å². The number of sulfonamides is 1. The fourth-order valence-corrected chi connectivity index (χ4v) is 4.72. The number of benzene rings is 3. The van der Waals surface area contributed by atoms with E-state index in [0.29, 0.717) is 5.69 Å². The van der Waals surface area contributed by atoms with Gasteiger partial charge in [-0.2, -0.15) is 8.42 Å². The summed E-state index contributed by atoms with van der Waals surface area (Å²) in [7, 11) is -2.02. The van der Waals surface area contributed by atoms with Crippen molar-refractivity contribution in [2.45, 2.75) is 17.9 Å². The van der Waals surface area contributed by atoms with Gasteiger partial charge in [-0.05, 0) is 47.5 Å². The minimum Gasteiger partial charge on any atom is -0.457 e. The molecule has 0 saturated heterocycles. The molecule has 1 aliphatic rings. The Morgan fingerprint density at radius 3 is 2.48 bits per heavy atom. The summed E-state index contributed by atoms with van der Waals surface area (Å²) in [6, 6.07) is 23.1. The van der Waals surface area contributed by atoms with Gasteiger partial charge in [0.1, 0.15) is 11.5 Å². The molecule has 0 unspecified atom stereocenters. The van der Waals surface area contributed by atoms with E-state index in [2.05, 4.69) is 9.71 Å². The van der Waals surface area contributed by atoms with Crippen molar-refractivity contribution in [1.82, 2.24) is 9.55 Å². The number of fused-ring (bicyclic) bond motifs is 1. The average molecular weight is 459 g/mol. The fourth-order valence-electron chi connectivity index (χ4n) is 3.68. The summed E-state index contributed by atoms with van der Waals surface area (Å²) in [6.45, 7) is 0. The van der Waals surface area contributed by atoms with Gasteiger partial charge in [0.15, 0.2) is 5.03 Å². The second kappa shape index (κ2) is 8.55. The van der Waals surface area contributed by atoms with Crippen LogP contribution in [0.15, 0.2) is 95.3 Å². The van der Waals surface area contributed by atoms with Gasteiger partial charge in [0.05, 0.1) is 17.7 Å². The van der Waals surface area contributed by atoms with Gasteiger partial charge in [0, 0.05) is 31.8 Å². The van der Waals surface area contributed by atoms with Crippen molar-refractivity contribution >= 4 is 27.1 Å². The second-order valence-corrected chi connectivity index (χ2v) is 9.55. The molecule has 4 aromatic rings. The van der Waals surface area contributed by atoms with Crippen LogP contribution in [-0.4, -0.2) is 23.7 Å². The van der Waals surface area contributed by atoms with E-state index in [1.54, 1.807) is 23.7 Å². The number of hydrogen-bond acceptors (Lipinski definition) is 5. The average Bonchev–Trinajstić information content (AvgIpc) is 3.41. The molecule has 0 amide bonds. The molecule has 0 atom stereocenters. The smallest absolute Gasteiger partial charge is 0.280 e. The van der Waals surface area contributed by atoms with Crippen molar-refractivity contribution < 1.29 is 13.2 Å². The van der Waals surface area contributed by atoms with E-state index in [9.17, 15) is 8.42 Å². The standard InChI is InChI=1S/C25H22N4O3S/c1-29-16-25(26-17-29)33(30,31)28-20-10-9-19-14-21(27-24(19)15-20)13-18-7-11-23(12-8-18)32-22-5-3-2-4-6-22/h2-12,15-17,28H,13-14H2,1H3. The minimum absolute atomic E-state index is 0.0191. The number of aromatic nitrogens is 2. The third kappa shape index (κ3) is 4.80. The Labute approximate surface area is 192 Å². The van der Waals surface area contributed by atoms with Crippen LogP contribution in [0.3, 0.4) is 0 Å². The molecule has 0 radical (unpaired) electrons. The highest BCUT2D eigenvalue weighted by molar-refractivity contribution is 7.92. The molecular formula is C25H22N4O3S. The number of hydrogen-bond donors (Lipinski definition) is 1. The SMILES string of the molecule is Cn1cnc(S(=O)(=O)Nc2ccc3c(c2)N=C(Cc2ccc(Oc4ccccc4)cc2)C3)c1. The van der Waals surface area contributed by atoms with Crippen LogP contribution in [0.1, 0.15) is 11.1 Å². The number of ether oxygens (including phenoxy) is 1. The largest absolute Gasteiger partial charge is 0.457 e. The van der Waals surface area contributed by atoms with Gasteiger partial charge in [-0.1, -0.05) is 36.4 Å². The van der Waals surface area contributed by atoms with E-state index in [1.807, 2.05) is 60.7 Å². The molecule has 1 aliphatic heterocycles. The predicted octanol–water partition coefficient (Wildman–Crippen LogP) is 4.88. The number of anilines is 1. The zero-order valence-corrected chi connectivity index (χ0v) is 18.8. The van der Waals surface area contributed by atoms with Crippen LogP contribution in [0.4, 0.5) is 11.4 Å². The first kappa shape index (κ1) is 21.0. The lowest BCUT2D eigenvalue weighted by molar-refractivity contribution is 0.482. The lowest BCUT2D eigenvalue weighted by atomic mass is 10.0. The van der Waals surface area contributed by atoms with E-state index in [0.717, 1.165) is 46.9 Å². The molecule has 0 aliphatic carbocycles. The lowest BCUT2D eigenvalue weighted by Gasteiger charge is -2.07. The topological polar surface area (TPSA) is 85.6 Å². The number of rotatable bonds is 7. The lowest BCUT2D eigenvalue weighted by Crippen LogP contribution is -2.13. The number of nitrogens with one attached hydrogen (secondary N) is 1. The third-order valence-electron chi connectivity index (χ3n) is 5.28. The molecule has 33 heavy (non-hydrogen) atoms. The summed E-state index contributed by atoms with van der Waals surface area (Å²) >= 11 is 0. The molecule has 166 valence electrons. The summed E-state index contributed by atoms with van der Waals surface area (Å²) in [5.41, 5.74) is 4.50. The summed E-state index contributed by atoms with van der Waals surface area (Å²) in [6.07, 6.45) is 4.37. The molecule has 8 heteroatoms. The first-order valence-electron chi connectivity index (χ1n) is 10.5. The van der Waals surface area contributed by atoms with Gasteiger partial charge in [-0.15, -0.1) is 0 Å². The second-order valence-electron chi connectivity index (χ2n) is 7.92. The van der Waals surface area contributed by atoms with Crippen molar-refractivity contribution in [2.75, 3.05) is 4.72 Å². The Kier molecular flexibility index (Phi) is 5.43. The highest BCUT2D eigenvalue weighted by Gasteiger charge is 2.20. The van der Waals surface area contributed by atoms with Crippen LogP contribution in [0.5, 0.6) is 11.5 Å². The van der Waals surface area contributed by atoms with Gasteiger partial charge in [0.2, 0.25) is 0 Å². The number of imidazole rings is 1. The molecular weight excluding hydrogens is 436 g/mol. The maximum atomic E-state index is 12.5. The Hall–Kier alpha value is -3.91. The van der Waals surface area contributed by atoms with Gasteiger partial charge in [-0.25, -0.2) is 4.98 Å². The van der Waals surface area contributed by atoms with E-state index in [1.165, 1.54) is 12.5 Å². The van der Waals surface area contributed by atoms with Crippen LogP contribution in [0.2, 0.25) is 0 Å². The van der Waals surface area contributed by atoms with Gasteiger partial charge in [-0.3, -0.25) is 9.71 Å². The van der Waals surface area contributed by atoms with Crippen LogP contribution in [0, 0.1) is 0 Å². The first-order chi connectivity index (χ1) is 15.9. The monoisotopic (exact) mass is 458 g/mol. The number of para-hydroxylation sites is 1. The summed E-state index contributed by atoms with van der Waals surface area (Å²) in [5.74, 6) is 1.58. The Morgan fingerprint density at radius 2 is 1.76 bits per heavy atom. The van der Waals surface area contributed by atoms with E-state index in [4.69, 9.17) is 9.73 Å². The zero-order chi connectivity index (χ0) is 22.8. The van der Waals surface area contributed by atoms with E-state index in [-0.39, 0.29) is 5.03 Å². The Bertz CT molecular complexity index is 1430. The fraction of sp³-hybridized carbons (Fsp3) is 0.120. The van der Waals surface area contributed by atoms with E-state index < -0.39 is 10.0 Å². The number of nitrogens with zero attached hydrogens (tertiary/aromatic N) is 3. The zero-order valence-electron chi connectivity index (χ0n) is 18.0. The Balaban J connectivity index is 1.26.